The van der Waals surface area contributed by atoms with Crippen LogP contribution in [-0.4, -0.2) is 26.4 Å². The minimum atomic E-state index is -0.471. The molecule has 0 spiro atoms. The molecule has 5 rings (SSSR count). The van der Waals surface area contributed by atoms with Gasteiger partial charge in [-0.05, 0) is 43.2 Å². The van der Waals surface area contributed by atoms with Gasteiger partial charge in [-0.25, -0.2) is 15.0 Å². The number of aryl methyl sites for hydroxylation is 1. The molecule has 8 nitrogen and oxygen atoms in total. The first-order valence-corrected chi connectivity index (χ1v) is 10.7. The number of aliphatic imine (C=N–C) groups is 1. The first-order chi connectivity index (χ1) is 14.9. The van der Waals surface area contributed by atoms with E-state index in [0.29, 0.717) is 16.8 Å². The van der Waals surface area contributed by atoms with Crippen molar-refractivity contribution < 1.29 is 4.79 Å². The second-order valence-electron chi connectivity index (χ2n) is 7.44. The van der Waals surface area contributed by atoms with Crippen LogP contribution in [0.5, 0.6) is 0 Å². The number of fused-ring (bicyclic) bond motifs is 3. The number of carbonyl (C=O) groups is 1. The third-order valence-electron chi connectivity index (χ3n) is 5.44. The number of hydrogen-bond donors (Lipinski definition) is 2. The van der Waals surface area contributed by atoms with E-state index in [1.807, 2.05) is 66.3 Å². The summed E-state index contributed by atoms with van der Waals surface area (Å²) in [5, 5.41) is 5.54. The fourth-order valence-corrected chi connectivity index (χ4v) is 4.69. The first-order valence-electron chi connectivity index (χ1n) is 9.83. The molecule has 31 heavy (non-hydrogen) atoms. The van der Waals surface area contributed by atoms with Crippen LogP contribution in [0.3, 0.4) is 0 Å². The molecule has 1 atom stereocenters. The smallest absolute Gasteiger partial charge is 0.230 e. The van der Waals surface area contributed by atoms with Crippen LogP contribution in [0.2, 0.25) is 0 Å². The highest BCUT2D eigenvalue weighted by Crippen LogP contribution is 2.37. The van der Waals surface area contributed by atoms with Gasteiger partial charge >= 0.3 is 0 Å². The van der Waals surface area contributed by atoms with Crippen molar-refractivity contribution in [2.75, 3.05) is 10.2 Å². The third-order valence-corrected chi connectivity index (χ3v) is 6.28. The number of carbonyl (C=O) groups excluding carboxylic acids is 1. The van der Waals surface area contributed by atoms with Crippen LogP contribution in [0.4, 0.5) is 16.8 Å². The average Bonchev–Trinajstić information content (AvgIpc) is 3.35. The van der Waals surface area contributed by atoms with E-state index >= 15 is 0 Å². The number of imidazole rings is 1. The van der Waals surface area contributed by atoms with E-state index in [2.05, 4.69) is 15.3 Å². The van der Waals surface area contributed by atoms with E-state index in [9.17, 15) is 4.79 Å². The molecule has 1 aliphatic rings. The Hall–Kier alpha value is -3.72. The van der Waals surface area contributed by atoms with Gasteiger partial charge in [0.25, 0.3) is 0 Å². The Morgan fingerprint density at radius 1 is 1.16 bits per heavy atom. The van der Waals surface area contributed by atoms with E-state index in [0.717, 1.165) is 27.8 Å². The van der Waals surface area contributed by atoms with Crippen LogP contribution >= 0.6 is 11.3 Å². The highest BCUT2D eigenvalue weighted by Gasteiger charge is 2.28. The van der Waals surface area contributed by atoms with Gasteiger partial charge in [-0.3, -0.25) is 19.6 Å². The second-order valence-corrected chi connectivity index (χ2v) is 8.27. The summed E-state index contributed by atoms with van der Waals surface area (Å²) in [6, 6.07) is 13.7. The summed E-state index contributed by atoms with van der Waals surface area (Å²) < 4.78 is 1.97. The van der Waals surface area contributed by atoms with Crippen molar-refractivity contribution in [1.82, 2.24) is 14.5 Å². The minimum absolute atomic E-state index is 0.100. The van der Waals surface area contributed by atoms with E-state index in [4.69, 9.17) is 10.7 Å². The van der Waals surface area contributed by atoms with E-state index in [-0.39, 0.29) is 11.9 Å². The molecule has 2 aromatic carbocycles. The van der Waals surface area contributed by atoms with Gasteiger partial charge in [-0.1, -0.05) is 24.3 Å². The first kappa shape index (κ1) is 19.3. The maximum Gasteiger partial charge on any atom is 0.230 e. The van der Waals surface area contributed by atoms with Crippen LogP contribution in [-0.2, 0) is 4.79 Å². The van der Waals surface area contributed by atoms with Crippen molar-refractivity contribution in [1.29, 1.82) is 0 Å². The lowest BCUT2D eigenvalue weighted by Crippen LogP contribution is -2.31. The fourth-order valence-electron chi connectivity index (χ4n) is 3.80. The van der Waals surface area contributed by atoms with Crippen molar-refractivity contribution in [2.45, 2.75) is 26.9 Å². The molecule has 3 heterocycles. The summed E-state index contributed by atoms with van der Waals surface area (Å²) >= 11 is 1.40. The Morgan fingerprint density at radius 2 is 1.97 bits per heavy atom. The lowest BCUT2D eigenvalue weighted by molar-refractivity contribution is -0.115. The molecule has 9 heteroatoms. The van der Waals surface area contributed by atoms with Gasteiger partial charge in [-0.15, -0.1) is 11.3 Å². The Balaban J connectivity index is 1.61. The maximum atomic E-state index is 12.6. The summed E-state index contributed by atoms with van der Waals surface area (Å²) in [5.74, 6) is 0.795. The maximum absolute atomic E-state index is 12.6. The van der Waals surface area contributed by atoms with E-state index < -0.39 is 6.17 Å². The number of aromatic nitrogens is 3. The number of nitrogens with zero attached hydrogens (tertiary/aromatic N) is 5. The van der Waals surface area contributed by atoms with Gasteiger partial charge in [-0.2, -0.15) is 0 Å². The molecular weight excluding hydrogens is 410 g/mol. The molecule has 2 aromatic heterocycles. The normalized spacial score (nSPS) is 15.3. The zero-order chi connectivity index (χ0) is 21.7. The van der Waals surface area contributed by atoms with Crippen molar-refractivity contribution in [2.24, 2.45) is 10.7 Å². The van der Waals surface area contributed by atoms with E-state index in [1.54, 1.807) is 11.8 Å². The summed E-state index contributed by atoms with van der Waals surface area (Å²) in [7, 11) is 0. The van der Waals surface area contributed by atoms with Gasteiger partial charge in [0.1, 0.15) is 0 Å². The minimum Gasteiger partial charge on any atom is -0.370 e. The van der Waals surface area contributed by atoms with Crippen molar-refractivity contribution >= 4 is 51.0 Å². The number of benzene rings is 2. The molecule has 156 valence electrons. The highest BCUT2D eigenvalue weighted by atomic mass is 32.1. The van der Waals surface area contributed by atoms with E-state index in [1.165, 1.54) is 11.3 Å². The average molecular weight is 432 g/mol. The van der Waals surface area contributed by atoms with Crippen molar-refractivity contribution in [3.05, 3.63) is 64.7 Å². The van der Waals surface area contributed by atoms with Crippen LogP contribution in [0.1, 0.15) is 29.9 Å². The molecule has 1 aliphatic heterocycles. The molecule has 4 aromatic rings. The molecule has 0 saturated heterocycles. The third kappa shape index (κ3) is 3.14. The second kappa shape index (κ2) is 7.21. The summed E-state index contributed by atoms with van der Waals surface area (Å²) in [6.45, 7) is 5.59. The summed E-state index contributed by atoms with van der Waals surface area (Å²) in [5.41, 5.74) is 11.5. The van der Waals surface area contributed by atoms with Crippen molar-refractivity contribution in [3.8, 4) is 0 Å². The zero-order valence-corrected chi connectivity index (χ0v) is 18.1. The molecule has 1 amide bonds. The highest BCUT2D eigenvalue weighted by molar-refractivity contribution is 7.14. The fraction of sp³-hybridized carbons (Fsp3) is 0.182. The standard InChI is InChI=1S/C22H21N7OS/c1-12-7-6-10-17(13(12)2)28(14(3)30)22-25-16(11-31-22)19-26-20(23)27-21-24-15-8-4-5-9-18(15)29(19)21/h4-11,19H,1-3H3,(H3,23,24,26,27)/t19-/m0/s1. The number of nitrogens with two attached hydrogens (primary N) is 1. The quantitative estimate of drug-likeness (QED) is 0.509. The van der Waals surface area contributed by atoms with Crippen molar-refractivity contribution in [3.63, 3.8) is 0 Å². The van der Waals surface area contributed by atoms with Gasteiger partial charge in [0.05, 0.1) is 22.4 Å². The molecule has 0 unspecified atom stereocenters. The van der Waals surface area contributed by atoms with Gasteiger partial charge < -0.3 is 5.73 Å². The summed E-state index contributed by atoms with van der Waals surface area (Å²) in [6.07, 6.45) is -0.471. The SMILES string of the molecule is CC(=O)N(c1nc([C@H]2N=C(N)Nc3nc4ccccc4n32)cs1)c1cccc(C)c1C. The van der Waals surface area contributed by atoms with Crippen LogP contribution in [0.15, 0.2) is 52.8 Å². The molecule has 0 bridgehead atoms. The molecule has 0 fully saturated rings. The Bertz CT molecular complexity index is 1350. The number of anilines is 3. The lowest BCUT2D eigenvalue weighted by atomic mass is 10.1. The van der Waals surface area contributed by atoms with Gasteiger partial charge in [0.15, 0.2) is 17.3 Å². The Kier molecular flexibility index (Phi) is 4.48. The topological polar surface area (TPSA) is 101 Å². The predicted octanol–water partition coefficient (Wildman–Crippen LogP) is 4.08. The number of nitrogens with one attached hydrogen (secondary N) is 1. The Morgan fingerprint density at radius 3 is 2.77 bits per heavy atom. The number of hydrogen-bond acceptors (Lipinski definition) is 7. The van der Waals surface area contributed by atoms with Crippen LogP contribution in [0.25, 0.3) is 11.0 Å². The Labute approximate surface area is 183 Å². The van der Waals surface area contributed by atoms with Gasteiger partial charge in [0, 0.05) is 12.3 Å². The number of rotatable bonds is 3. The summed E-state index contributed by atoms with van der Waals surface area (Å²) in [4.78, 5) is 28.3. The number of para-hydroxylation sites is 2. The van der Waals surface area contributed by atoms with Crippen LogP contribution in [0, 0.1) is 13.8 Å². The molecule has 0 saturated carbocycles. The molecule has 3 N–H and O–H groups in total. The predicted molar refractivity (Wildman–Crippen MR) is 124 cm³/mol. The lowest BCUT2D eigenvalue weighted by Gasteiger charge is -2.23. The number of amides is 1. The molecule has 0 radical (unpaired) electrons. The molecule has 0 aliphatic carbocycles. The monoisotopic (exact) mass is 431 g/mol. The molecular formula is C22H21N7OS. The number of guanidine groups is 1. The number of thiazole rings is 1. The van der Waals surface area contributed by atoms with Crippen LogP contribution < -0.4 is 16.0 Å². The zero-order valence-electron chi connectivity index (χ0n) is 17.3. The van der Waals surface area contributed by atoms with Gasteiger partial charge in [0.2, 0.25) is 11.9 Å². The largest absolute Gasteiger partial charge is 0.370 e.